The molecule has 1 aliphatic rings. The predicted octanol–water partition coefficient (Wildman–Crippen LogP) is 2.31. The van der Waals surface area contributed by atoms with E-state index in [1.54, 1.807) is 0 Å². The highest BCUT2D eigenvalue weighted by Gasteiger charge is 2.37. The lowest BCUT2D eigenvalue weighted by atomic mass is 9.79. The van der Waals surface area contributed by atoms with Gasteiger partial charge in [0.2, 0.25) is 0 Å². The summed E-state index contributed by atoms with van der Waals surface area (Å²) in [6.45, 7) is 14.0. The van der Waals surface area contributed by atoms with Crippen molar-refractivity contribution in [1.82, 2.24) is 10.6 Å². The standard InChI is InChI=1S/C14H30N2O/c1-6-17-9-7-8-15-12-10-13(2,3)16-14(4,5)11-12/h12,15-16H,6-11H2,1-5H3. The first-order valence-electron chi connectivity index (χ1n) is 6.95. The van der Waals surface area contributed by atoms with E-state index in [-0.39, 0.29) is 11.1 Å². The number of hydrogen-bond donors (Lipinski definition) is 2. The number of nitrogens with one attached hydrogen (secondary N) is 2. The summed E-state index contributed by atoms with van der Waals surface area (Å²) < 4.78 is 5.35. The zero-order valence-corrected chi connectivity index (χ0v) is 12.2. The number of rotatable bonds is 6. The number of hydrogen-bond acceptors (Lipinski definition) is 3. The van der Waals surface area contributed by atoms with Gasteiger partial charge < -0.3 is 15.4 Å². The average molecular weight is 242 g/mol. The molecule has 0 aromatic rings. The second-order valence-electron chi connectivity index (χ2n) is 6.50. The van der Waals surface area contributed by atoms with Crippen molar-refractivity contribution in [1.29, 1.82) is 0 Å². The van der Waals surface area contributed by atoms with Crippen molar-refractivity contribution in [2.24, 2.45) is 0 Å². The van der Waals surface area contributed by atoms with Gasteiger partial charge in [0.1, 0.15) is 0 Å². The van der Waals surface area contributed by atoms with E-state index in [0.717, 1.165) is 26.2 Å². The maximum Gasteiger partial charge on any atom is 0.0477 e. The fourth-order valence-corrected chi connectivity index (χ4v) is 3.09. The van der Waals surface area contributed by atoms with Crippen LogP contribution in [0.1, 0.15) is 53.9 Å². The molecule has 0 amide bonds. The van der Waals surface area contributed by atoms with Gasteiger partial charge in [-0.05, 0) is 60.4 Å². The van der Waals surface area contributed by atoms with Crippen LogP contribution in [-0.4, -0.2) is 36.9 Å². The van der Waals surface area contributed by atoms with E-state index in [9.17, 15) is 0 Å². The second-order valence-corrected chi connectivity index (χ2v) is 6.50. The molecule has 1 heterocycles. The molecule has 2 N–H and O–H groups in total. The lowest BCUT2D eigenvalue weighted by Gasteiger charge is -2.46. The van der Waals surface area contributed by atoms with Gasteiger partial charge >= 0.3 is 0 Å². The molecule has 0 aromatic heterocycles. The van der Waals surface area contributed by atoms with Gasteiger partial charge in [0.05, 0.1) is 0 Å². The second kappa shape index (κ2) is 6.17. The topological polar surface area (TPSA) is 33.3 Å². The molecular weight excluding hydrogens is 212 g/mol. The molecule has 0 bridgehead atoms. The van der Waals surface area contributed by atoms with Crippen molar-refractivity contribution in [3.05, 3.63) is 0 Å². The largest absolute Gasteiger partial charge is 0.382 e. The van der Waals surface area contributed by atoms with E-state index >= 15 is 0 Å². The molecule has 1 saturated heterocycles. The fraction of sp³-hybridized carbons (Fsp3) is 1.00. The van der Waals surface area contributed by atoms with E-state index in [1.165, 1.54) is 12.8 Å². The smallest absolute Gasteiger partial charge is 0.0477 e. The zero-order valence-electron chi connectivity index (χ0n) is 12.2. The highest BCUT2D eigenvalue weighted by molar-refractivity contribution is 4.99. The van der Waals surface area contributed by atoms with Crippen LogP contribution >= 0.6 is 0 Å². The Balaban J connectivity index is 2.28. The Bertz CT molecular complexity index is 210. The molecule has 1 fully saturated rings. The summed E-state index contributed by atoms with van der Waals surface area (Å²) in [6, 6.07) is 0.628. The van der Waals surface area contributed by atoms with Gasteiger partial charge in [0.25, 0.3) is 0 Å². The van der Waals surface area contributed by atoms with Crippen LogP contribution in [-0.2, 0) is 4.74 Å². The highest BCUT2D eigenvalue weighted by Crippen LogP contribution is 2.28. The van der Waals surface area contributed by atoms with Crippen molar-refractivity contribution in [2.45, 2.75) is 71.0 Å². The van der Waals surface area contributed by atoms with Crippen LogP contribution in [0.15, 0.2) is 0 Å². The Morgan fingerprint density at radius 2 is 1.76 bits per heavy atom. The summed E-state index contributed by atoms with van der Waals surface area (Å²) in [5.41, 5.74) is 0.471. The minimum atomic E-state index is 0.235. The molecule has 17 heavy (non-hydrogen) atoms. The predicted molar refractivity (Wildman–Crippen MR) is 73.4 cm³/mol. The van der Waals surface area contributed by atoms with Crippen LogP contribution in [0.3, 0.4) is 0 Å². The van der Waals surface area contributed by atoms with Crippen molar-refractivity contribution >= 4 is 0 Å². The number of ether oxygens (including phenoxy) is 1. The third kappa shape index (κ3) is 5.84. The minimum Gasteiger partial charge on any atom is -0.382 e. The molecule has 0 aromatic carbocycles. The maximum absolute atomic E-state index is 5.35. The molecule has 3 heteroatoms. The fourth-order valence-electron chi connectivity index (χ4n) is 3.09. The van der Waals surface area contributed by atoms with E-state index in [1.807, 2.05) is 6.92 Å². The van der Waals surface area contributed by atoms with Gasteiger partial charge in [-0.2, -0.15) is 0 Å². The van der Waals surface area contributed by atoms with Crippen molar-refractivity contribution in [2.75, 3.05) is 19.8 Å². The summed E-state index contributed by atoms with van der Waals surface area (Å²) in [4.78, 5) is 0. The van der Waals surface area contributed by atoms with Crippen molar-refractivity contribution in [3.8, 4) is 0 Å². The molecule has 0 aliphatic carbocycles. The molecule has 1 aliphatic heterocycles. The first-order valence-corrected chi connectivity index (χ1v) is 6.95. The quantitative estimate of drug-likeness (QED) is 0.701. The summed E-state index contributed by atoms with van der Waals surface area (Å²) >= 11 is 0. The van der Waals surface area contributed by atoms with Gasteiger partial charge in [-0.1, -0.05) is 0 Å². The van der Waals surface area contributed by atoms with Crippen LogP contribution in [0.2, 0.25) is 0 Å². The van der Waals surface area contributed by atoms with E-state index in [4.69, 9.17) is 4.74 Å². The molecule has 0 radical (unpaired) electrons. The normalized spacial score (nSPS) is 23.8. The van der Waals surface area contributed by atoms with Crippen molar-refractivity contribution in [3.63, 3.8) is 0 Å². The molecule has 0 saturated carbocycles. The monoisotopic (exact) mass is 242 g/mol. The van der Waals surface area contributed by atoms with Gasteiger partial charge in [-0.15, -0.1) is 0 Å². The maximum atomic E-state index is 5.35. The first-order chi connectivity index (χ1) is 7.85. The number of piperidine rings is 1. The lowest BCUT2D eigenvalue weighted by molar-refractivity contribution is 0.131. The van der Waals surface area contributed by atoms with E-state index in [0.29, 0.717) is 6.04 Å². The summed E-state index contributed by atoms with van der Waals surface area (Å²) in [5, 5.41) is 7.38. The van der Waals surface area contributed by atoms with Crippen LogP contribution < -0.4 is 10.6 Å². The molecule has 1 rings (SSSR count). The Labute approximate surface area is 107 Å². The summed E-state index contributed by atoms with van der Waals surface area (Å²) in [7, 11) is 0. The molecule has 102 valence electrons. The van der Waals surface area contributed by atoms with Crippen LogP contribution in [0.4, 0.5) is 0 Å². The van der Waals surface area contributed by atoms with Crippen LogP contribution in [0.25, 0.3) is 0 Å². The van der Waals surface area contributed by atoms with Crippen LogP contribution in [0.5, 0.6) is 0 Å². The van der Waals surface area contributed by atoms with Gasteiger partial charge in [0, 0.05) is 30.3 Å². The Hall–Kier alpha value is -0.120. The van der Waals surface area contributed by atoms with E-state index < -0.39 is 0 Å². The van der Waals surface area contributed by atoms with Gasteiger partial charge in [-0.25, -0.2) is 0 Å². The molecule has 0 atom stereocenters. The molecule has 3 nitrogen and oxygen atoms in total. The molecular formula is C14H30N2O. The van der Waals surface area contributed by atoms with Gasteiger partial charge in [0.15, 0.2) is 0 Å². The highest BCUT2D eigenvalue weighted by atomic mass is 16.5. The van der Waals surface area contributed by atoms with Gasteiger partial charge in [-0.3, -0.25) is 0 Å². The first kappa shape index (κ1) is 14.9. The Kier molecular flexibility index (Phi) is 5.42. The molecule has 0 unspecified atom stereocenters. The Morgan fingerprint density at radius 1 is 1.18 bits per heavy atom. The third-order valence-corrected chi connectivity index (χ3v) is 3.29. The SMILES string of the molecule is CCOCCCNC1CC(C)(C)NC(C)(C)C1. The molecule has 0 spiro atoms. The Morgan fingerprint density at radius 3 is 2.29 bits per heavy atom. The van der Waals surface area contributed by atoms with Crippen molar-refractivity contribution < 1.29 is 4.74 Å². The lowest BCUT2D eigenvalue weighted by Crippen LogP contribution is -2.61. The van der Waals surface area contributed by atoms with Crippen LogP contribution in [0, 0.1) is 0 Å². The third-order valence-electron chi connectivity index (χ3n) is 3.29. The van der Waals surface area contributed by atoms with E-state index in [2.05, 4.69) is 38.3 Å². The average Bonchev–Trinajstić information content (AvgIpc) is 2.12. The minimum absolute atomic E-state index is 0.235. The summed E-state index contributed by atoms with van der Waals surface area (Å²) in [5.74, 6) is 0. The zero-order chi connectivity index (χ0) is 12.9. The summed E-state index contributed by atoms with van der Waals surface area (Å²) in [6.07, 6.45) is 3.51.